The number of amides is 2. The summed E-state index contributed by atoms with van der Waals surface area (Å²) >= 11 is 0. The lowest BCUT2D eigenvalue weighted by Gasteiger charge is -2.22. The van der Waals surface area contributed by atoms with Crippen LogP contribution in [-0.4, -0.2) is 63.5 Å². The minimum atomic E-state index is 0.0133. The lowest BCUT2D eigenvalue weighted by molar-refractivity contribution is 0.198. The standard InChI is InChI=1S/C21H26N6O/c28-21(23-10-8-20-24-18-6-1-2-7-19(18)25-20)27-12-4-11-26(13-14-27)16-17-5-3-9-22-15-17/h1-3,5-7,9,15H,4,8,10-14,16H2,(H,23,28)(H,24,25). The highest BCUT2D eigenvalue weighted by atomic mass is 16.2. The number of urea groups is 1. The number of para-hydroxylation sites is 2. The van der Waals surface area contributed by atoms with Crippen LogP contribution >= 0.6 is 0 Å². The van der Waals surface area contributed by atoms with Gasteiger partial charge in [0.2, 0.25) is 0 Å². The van der Waals surface area contributed by atoms with Crippen molar-refractivity contribution in [2.75, 3.05) is 32.7 Å². The molecule has 2 N–H and O–H groups in total. The van der Waals surface area contributed by atoms with E-state index in [1.54, 1.807) is 6.20 Å². The number of carbonyl (C=O) groups is 1. The summed E-state index contributed by atoms with van der Waals surface area (Å²) in [7, 11) is 0. The maximum absolute atomic E-state index is 12.5. The predicted molar refractivity (Wildman–Crippen MR) is 109 cm³/mol. The number of nitrogens with one attached hydrogen (secondary N) is 2. The Morgan fingerprint density at radius 1 is 1.11 bits per heavy atom. The molecule has 7 heteroatoms. The second kappa shape index (κ2) is 8.84. The van der Waals surface area contributed by atoms with E-state index in [2.05, 4.69) is 31.2 Å². The largest absolute Gasteiger partial charge is 0.342 e. The van der Waals surface area contributed by atoms with Crippen LogP contribution in [0.5, 0.6) is 0 Å². The third-order valence-corrected chi connectivity index (χ3v) is 5.08. The van der Waals surface area contributed by atoms with Gasteiger partial charge in [-0.05, 0) is 30.2 Å². The molecular weight excluding hydrogens is 352 g/mol. The van der Waals surface area contributed by atoms with Gasteiger partial charge in [-0.25, -0.2) is 9.78 Å². The number of pyridine rings is 1. The van der Waals surface area contributed by atoms with E-state index in [0.29, 0.717) is 13.0 Å². The Morgan fingerprint density at radius 2 is 2.04 bits per heavy atom. The fraction of sp³-hybridized carbons (Fsp3) is 0.381. The Bertz CT molecular complexity index is 876. The summed E-state index contributed by atoms with van der Waals surface area (Å²) in [5.41, 5.74) is 3.21. The van der Waals surface area contributed by atoms with Crippen molar-refractivity contribution < 1.29 is 4.79 Å². The number of H-pyrrole nitrogens is 1. The van der Waals surface area contributed by atoms with Gasteiger partial charge in [-0.3, -0.25) is 9.88 Å². The quantitative estimate of drug-likeness (QED) is 0.715. The Balaban J connectivity index is 1.23. The van der Waals surface area contributed by atoms with Crippen LogP contribution in [0.3, 0.4) is 0 Å². The molecule has 4 rings (SSSR count). The van der Waals surface area contributed by atoms with Crippen LogP contribution in [0.1, 0.15) is 17.8 Å². The van der Waals surface area contributed by atoms with E-state index in [1.165, 1.54) is 5.56 Å². The molecule has 1 aliphatic rings. The second-order valence-electron chi connectivity index (χ2n) is 7.16. The molecule has 0 atom stereocenters. The summed E-state index contributed by atoms with van der Waals surface area (Å²) in [5, 5.41) is 3.04. The molecule has 3 heterocycles. The topological polar surface area (TPSA) is 77.2 Å². The number of aromatic amines is 1. The fourth-order valence-corrected chi connectivity index (χ4v) is 3.61. The van der Waals surface area contributed by atoms with Crippen molar-refractivity contribution in [2.45, 2.75) is 19.4 Å². The molecule has 28 heavy (non-hydrogen) atoms. The number of fused-ring (bicyclic) bond motifs is 1. The number of imidazole rings is 1. The number of carbonyl (C=O) groups excluding carboxylic acids is 1. The number of aromatic nitrogens is 3. The summed E-state index contributed by atoms with van der Waals surface area (Å²) in [6.45, 7) is 4.88. The normalized spacial score (nSPS) is 15.5. The highest BCUT2D eigenvalue weighted by Crippen LogP contribution is 2.11. The third-order valence-electron chi connectivity index (χ3n) is 5.08. The number of hydrogen-bond donors (Lipinski definition) is 2. The van der Waals surface area contributed by atoms with Crippen molar-refractivity contribution in [2.24, 2.45) is 0 Å². The van der Waals surface area contributed by atoms with Gasteiger partial charge in [-0.2, -0.15) is 0 Å². The summed E-state index contributed by atoms with van der Waals surface area (Å²) < 4.78 is 0. The van der Waals surface area contributed by atoms with Crippen LogP contribution in [-0.2, 0) is 13.0 Å². The van der Waals surface area contributed by atoms with Crippen molar-refractivity contribution in [3.63, 3.8) is 0 Å². The van der Waals surface area contributed by atoms with Crippen LogP contribution in [0.4, 0.5) is 4.79 Å². The van der Waals surface area contributed by atoms with Gasteiger partial charge < -0.3 is 15.2 Å². The van der Waals surface area contributed by atoms with E-state index >= 15 is 0 Å². The molecule has 1 saturated heterocycles. The SMILES string of the molecule is O=C(NCCc1nc2ccccc2[nH]1)N1CCCN(Cc2cccnc2)CC1. The lowest BCUT2D eigenvalue weighted by Crippen LogP contribution is -2.42. The molecule has 0 bridgehead atoms. The molecule has 2 aromatic heterocycles. The van der Waals surface area contributed by atoms with Gasteiger partial charge in [0.1, 0.15) is 5.82 Å². The van der Waals surface area contributed by atoms with Crippen molar-refractivity contribution >= 4 is 17.1 Å². The van der Waals surface area contributed by atoms with Gasteiger partial charge >= 0.3 is 6.03 Å². The van der Waals surface area contributed by atoms with Gasteiger partial charge in [0.05, 0.1) is 11.0 Å². The first kappa shape index (κ1) is 18.4. The molecule has 1 aliphatic heterocycles. The molecule has 3 aromatic rings. The monoisotopic (exact) mass is 378 g/mol. The average molecular weight is 378 g/mol. The van der Waals surface area contributed by atoms with Crippen LogP contribution in [0.2, 0.25) is 0 Å². The molecule has 0 aliphatic carbocycles. The van der Waals surface area contributed by atoms with Crippen molar-refractivity contribution in [3.8, 4) is 0 Å². The number of nitrogens with zero attached hydrogens (tertiary/aromatic N) is 4. The molecular formula is C21H26N6O. The molecule has 0 spiro atoms. The minimum Gasteiger partial charge on any atom is -0.342 e. The van der Waals surface area contributed by atoms with E-state index in [9.17, 15) is 4.79 Å². The molecule has 1 fully saturated rings. The molecule has 0 unspecified atom stereocenters. The molecule has 7 nitrogen and oxygen atoms in total. The Hall–Kier alpha value is -2.93. The molecule has 146 valence electrons. The van der Waals surface area contributed by atoms with Crippen LogP contribution in [0.15, 0.2) is 48.8 Å². The van der Waals surface area contributed by atoms with Gasteiger partial charge in [0.25, 0.3) is 0 Å². The lowest BCUT2D eigenvalue weighted by atomic mass is 10.2. The Labute approximate surface area is 164 Å². The zero-order valence-electron chi connectivity index (χ0n) is 16.0. The molecule has 2 amide bonds. The number of rotatable bonds is 5. The molecule has 0 radical (unpaired) electrons. The van der Waals surface area contributed by atoms with Gasteiger partial charge in [0, 0.05) is 58.1 Å². The number of hydrogen-bond acceptors (Lipinski definition) is 4. The first-order valence-electron chi connectivity index (χ1n) is 9.85. The Kier molecular flexibility index (Phi) is 5.82. The van der Waals surface area contributed by atoms with Crippen LogP contribution in [0.25, 0.3) is 11.0 Å². The minimum absolute atomic E-state index is 0.0133. The first-order chi connectivity index (χ1) is 13.8. The summed E-state index contributed by atoms with van der Waals surface area (Å²) in [5.74, 6) is 0.903. The summed E-state index contributed by atoms with van der Waals surface area (Å²) in [6.07, 6.45) is 5.38. The maximum Gasteiger partial charge on any atom is 0.317 e. The average Bonchev–Trinajstić information content (AvgIpc) is 2.99. The fourth-order valence-electron chi connectivity index (χ4n) is 3.61. The van der Waals surface area contributed by atoms with E-state index in [1.807, 2.05) is 41.4 Å². The Morgan fingerprint density at radius 3 is 2.89 bits per heavy atom. The first-order valence-corrected chi connectivity index (χ1v) is 9.85. The van der Waals surface area contributed by atoms with Gasteiger partial charge in [-0.15, -0.1) is 0 Å². The zero-order chi connectivity index (χ0) is 19.2. The van der Waals surface area contributed by atoms with Crippen molar-refractivity contribution in [1.82, 2.24) is 30.1 Å². The predicted octanol–water partition coefficient (Wildman–Crippen LogP) is 2.42. The van der Waals surface area contributed by atoms with Crippen molar-refractivity contribution in [3.05, 3.63) is 60.2 Å². The number of benzene rings is 1. The highest BCUT2D eigenvalue weighted by Gasteiger charge is 2.19. The smallest absolute Gasteiger partial charge is 0.317 e. The van der Waals surface area contributed by atoms with E-state index in [-0.39, 0.29) is 6.03 Å². The summed E-state index contributed by atoms with van der Waals surface area (Å²) in [4.78, 5) is 28.9. The van der Waals surface area contributed by atoms with E-state index in [0.717, 1.165) is 56.0 Å². The van der Waals surface area contributed by atoms with Crippen LogP contribution < -0.4 is 5.32 Å². The van der Waals surface area contributed by atoms with Gasteiger partial charge in [-0.1, -0.05) is 18.2 Å². The third kappa shape index (κ3) is 4.67. The van der Waals surface area contributed by atoms with Crippen LogP contribution in [0, 0.1) is 0 Å². The summed E-state index contributed by atoms with van der Waals surface area (Å²) in [6, 6.07) is 12.0. The van der Waals surface area contributed by atoms with Gasteiger partial charge in [0.15, 0.2) is 0 Å². The second-order valence-corrected chi connectivity index (χ2v) is 7.16. The molecule has 1 aromatic carbocycles. The highest BCUT2D eigenvalue weighted by molar-refractivity contribution is 5.75. The van der Waals surface area contributed by atoms with Crippen molar-refractivity contribution in [1.29, 1.82) is 0 Å². The maximum atomic E-state index is 12.5. The zero-order valence-corrected chi connectivity index (χ0v) is 16.0. The van der Waals surface area contributed by atoms with E-state index in [4.69, 9.17) is 0 Å². The molecule has 0 saturated carbocycles. The van der Waals surface area contributed by atoms with E-state index < -0.39 is 0 Å².